The number of hydrogen-bond acceptors (Lipinski definition) is 5. The van der Waals surface area contributed by atoms with Gasteiger partial charge in [0.25, 0.3) is 5.56 Å². The van der Waals surface area contributed by atoms with Crippen LogP contribution in [0.2, 0.25) is 0 Å². The Morgan fingerprint density at radius 2 is 1.57 bits per heavy atom. The molecule has 0 saturated heterocycles. The Bertz CT molecular complexity index is 1920. The fourth-order valence-corrected chi connectivity index (χ4v) is 5.82. The Hall–Kier alpha value is -5.24. The summed E-state index contributed by atoms with van der Waals surface area (Å²) in [5.74, 6) is 1.04. The number of benzene rings is 2. The van der Waals surface area contributed by atoms with Crippen LogP contribution in [-0.4, -0.2) is 27.2 Å². The van der Waals surface area contributed by atoms with E-state index in [2.05, 4.69) is 54.9 Å². The van der Waals surface area contributed by atoms with Gasteiger partial charge < -0.3 is 15.4 Å². The molecule has 47 heavy (non-hydrogen) atoms. The predicted octanol–water partition coefficient (Wildman–Crippen LogP) is 8.94. The van der Waals surface area contributed by atoms with E-state index < -0.39 is 6.03 Å². The number of nitrogens with one attached hydrogen (secondary N) is 2. The maximum atomic E-state index is 14.3. The molecule has 8 nitrogen and oxygen atoms in total. The number of carbonyl (C=O) groups is 1. The average Bonchev–Trinajstić information content (AvgIpc) is 3.05. The largest absolute Gasteiger partial charge is 0.494 e. The molecule has 5 aromatic rings. The number of fused-ring (bicyclic) bond motifs is 1. The first-order valence-electron chi connectivity index (χ1n) is 16.1. The first kappa shape index (κ1) is 33.1. The number of nitrogens with zero attached hydrogens (tertiary/aromatic N) is 3. The number of para-hydroxylation sites is 1. The van der Waals surface area contributed by atoms with Crippen LogP contribution in [0.5, 0.6) is 5.75 Å². The molecule has 3 aromatic heterocycles. The second-order valence-electron chi connectivity index (χ2n) is 12.5. The van der Waals surface area contributed by atoms with Gasteiger partial charge in [0.1, 0.15) is 17.1 Å². The van der Waals surface area contributed by atoms with Gasteiger partial charge in [-0.2, -0.15) is 0 Å². The minimum Gasteiger partial charge on any atom is -0.494 e. The summed E-state index contributed by atoms with van der Waals surface area (Å²) in [6.45, 7) is 15.1. The lowest BCUT2D eigenvalue weighted by molar-refractivity contribution is 0.262. The molecule has 0 aliphatic rings. The van der Waals surface area contributed by atoms with Crippen molar-refractivity contribution < 1.29 is 9.53 Å². The average molecular weight is 630 g/mol. The minimum atomic E-state index is -0.494. The number of allylic oxidation sites excluding steroid dienone is 1. The summed E-state index contributed by atoms with van der Waals surface area (Å²) in [6.07, 6.45) is 6.96. The van der Waals surface area contributed by atoms with E-state index in [-0.39, 0.29) is 29.6 Å². The van der Waals surface area contributed by atoms with E-state index >= 15 is 0 Å². The zero-order valence-corrected chi connectivity index (χ0v) is 27.8. The molecule has 0 saturated carbocycles. The van der Waals surface area contributed by atoms with Gasteiger partial charge in [0, 0.05) is 41.8 Å². The molecule has 0 spiro atoms. The zero-order chi connectivity index (χ0) is 33.5. The fourth-order valence-electron chi connectivity index (χ4n) is 5.82. The van der Waals surface area contributed by atoms with Gasteiger partial charge in [-0.05, 0) is 90.3 Å². The van der Waals surface area contributed by atoms with Crippen LogP contribution >= 0.6 is 0 Å². The Morgan fingerprint density at radius 3 is 2.26 bits per heavy atom. The Kier molecular flexibility index (Phi) is 10.5. The van der Waals surface area contributed by atoms with Gasteiger partial charge in [-0.3, -0.25) is 14.3 Å². The van der Waals surface area contributed by atoms with Crippen LogP contribution in [0.25, 0.3) is 22.2 Å². The lowest BCUT2D eigenvalue weighted by atomic mass is 9.93. The van der Waals surface area contributed by atoms with Crippen LogP contribution in [0.15, 0.2) is 102 Å². The van der Waals surface area contributed by atoms with Crippen molar-refractivity contribution >= 4 is 28.4 Å². The Balaban J connectivity index is 1.55. The molecule has 2 amide bonds. The Morgan fingerprint density at radius 1 is 0.894 bits per heavy atom. The van der Waals surface area contributed by atoms with Crippen molar-refractivity contribution in [1.82, 2.24) is 14.5 Å². The van der Waals surface area contributed by atoms with Crippen LogP contribution in [-0.2, 0) is 13.0 Å². The molecule has 0 radical (unpaired) electrons. The highest BCUT2D eigenvalue weighted by Crippen LogP contribution is 2.36. The van der Waals surface area contributed by atoms with Crippen molar-refractivity contribution in [3.05, 3.63) is 125 Å². The molecule has 0 unspecified atom stereocenters. The monoisotopic (exact) mass is 629 g/mol. The number of aryl methyl sites for hydroxylation is 1. The van der Waals surface area contributed by atoms with Gasteiger partial charge in [0.15, 0.2) is 0 Å². The summed E-state index contributed by atoms with van der Waals surface area (Å²) in [5, 5.41) is 6.80. The van der Waals surface area contributed by atoms with Crippen molar-refractivity contribution in [3.63, 3.8) is 0 Å². The molecule has 0 atom stereocenters. The maximum Gasteiger partial charge on any atom is 0.323 e. The van der Waals surface area contributed by atoms with E-state index in [1.165, 1.54) is 5.56 Å². The van der Waals surface area contributed by atoms with Gasteiger partial charge >= 0.3 is 6.03 Å². The second-order valence-corrected chi connectivity index (χ2v) is 12.5. The third kappa shape index (κ3) is 7.77. The molecule has 0 bridgehead atoms. The maximum absolute atomic E-state index is 14.3. The van der Waals surface area contributed by atoms with Gasteiger partial charge in [-0.1, -0.05) is 70.2 Å². The van der Waals surface area contributed by atoms with Gasteiger partial charge in [-0.15, -0.1) is 0 Å². The van der Waals surface area contributed by atoms with Crippen LogP contribution in [0, 0.1) is 0 Å². The molecule has 2 aromatic carbocycles. The SMILES string of the molecule is C=C(C)Cn1c(=O)c(NC(=O)Nc2c(C(C)C)cccc2C(C)C)c(-c2cccc(OCCCc3ccncc3)c2)c2cccnc21. The topological polar surface area (TPSA) is 98.1 Å². The summed E-state index contributed by atoms with van der Waals surface area (Å²) >= 11 is 0. The molecule has 8 heteroatoms. The number of amides is 2. The van der Waals surface area contributed by atoms with E-state index in [9.17, 15) is 9.59 Å². The number of carbonyl (C=O) groups excluding carboxylic acids is 1. The molecule has 3 heterocycles. The van der Waals surface area contributed by atoms with Crippen molar-refractivity contribution in [2.75, 3.05) is 17.2 Å². The van der Waals surface area contributed by atoms with Gasteiger partial charge in [0.05, 0.1) is 6.61 Å². The molecule has 5 rings (SSSR count). The number of hydrogen-bond donors (Lipinski definition) is 2. The standard InChI is InChI=1S/C39H43N5O3/c1-25(2)24-44-37-33(16-9-19-41-37)34(29-12-7-13-30(23-29)47-22-10-11-28-17-20-40-21-18-28)36(38(44)45)43-39(46)42-35-31(26(3)4)14-8-15-32(35)27(5)6/h7-9,12-21,23,26-27H,1,10-11,22,24H2,2-6H3,(H2,42,43,46). The third-order valence-corrected chi connectivity index (χ3v) is 8.05. The van der Waals surface area contributed by atoms with E-state index in [4.69, 9.17) is 4.74 Å². The third-order valence-electron chi connectivity index (χ3n) is 8.05. The van der Waals surface area contributed by atoms with Gasteiger partial charge in [-0.25, -0.2) is 9.78 Å². The molecule has 0 fully saturated rings. The lowest BCUT2D eigenvalue weighted by Crippen LogP contribution is -2.30. The van der Waals surface area contributed by atoms with Crippen molar-refractivity contribution in [2.24, 2.45) is 0 Å². The summed E-state index contributed by atoms with van der Waals surface area (Å²) in [4.78, 5) is 36.8. The molecule has 242 valence electrons. The van der Waals surface area contributed by atoms with E-state index in [1.54, 1.807) is 23.2 Å². The lowest BCUT2D eigenvalue weighted by Gasteiger charge is -2.22. The molecule has 0 aliphatic heterocycles. The zero-order valence-electron chi connectivity index (χ0n) is 27.8. The highest BCUT2D eigenvalue weighted by Gasteiger charge is 2.23. The summed E-state index contributed by atoms with van der Waals surface area (Å²) in [6, 6.07) is 21.0. The Labute approximate surface area is 276 Å². The summed E-state index contributed by atoms with van der Waals surface area (Å²) < 4.78 is 7.72. The minimum absolute atomic E-state index is 0.159. The first-order valence-corrected chi connectivity index (χ1v) is 16.1. The summed E-state index contributed by atoms with van der Waals surface area (Å²) in [5.41, 5.74) is 6.44. The molecular formula is C39H43N5O3. The number of ether oxygens (including phenoxy) is 1. The quantitative estimate of drug-likeness (QED) is 0.106. The van der Waals surface area contributed by atoms with Crippen LogP contribution < -0.4 is 20.9 Å². The second kappa shape index (κ2) is 14.9. The number of aromatic nitrogens is 3. The number of pyridine rings is 3. The van der Waals surface area contributed by atoms with E-state index in [0.717, 1.165) is 46.2 Å². The highest BCUT2D eigenvalue weighted by molar-refractivity contribution is 6.07. The number of anilines is 2. The van der Waals surface area contributed by atoms with E-state index in [1.807, 2.05) is 73.7 Å². The highest BCUT2D eigenvalue weighted by atomic mass is 16.5. The number of urea groups is 1. The smallest absolute Gasteiger partial charge is 0.323 e. The molecule has 0 aliphatic carbocycles. The normalized spacial score (nSPS) is 11.2. The van der Waals surface area contributed by atoms with Crippen LogP contribution in [0.4, 0.5) is 16.2 Å². The first-order chi connectivity index (χ1) is 22.6. The molecule has 2 N–H and O–H groups in total. The number of rotatable bonds is 12. The van der Waals surface area contributed by atoms with Crippen molar-refractivity contribution in [1.29, 1.82) is 0 Å². The summed E-state index contributed by atoms with van der Waals surface area (Å²) in [7, 11) is 0. The fraction of sp³-hybridized carbons (Fsp3) is 0.282. The van der Waals surface area contributed by atoms with Gasteiger partial charge in [0.2, 0.25) is 0 Å². The van der Waals surface area contributed by atoms with Crippen LogP contribution in [0.3, 0.4) is 0 Å². The molecular weight excluding hydrogens is 586 g/mol. The van der Waals surface area contributed by atoms with Crippen molar-refractivity contribution in [2.45, 2.75) is 65.8 Å². The van der Waals surface area contributed by atoms with Crippen molar-refractivity contribution in [3.8, 4) is 16.9 Å². The van der Waals surface area contributed by atoms with Crippen LogP contribution in [0.1, 0.15) is 69.6 Å². The van der Waals surface area contributed by atoms with E-state index in [0.29, 0.717) is 23.6 Å². The predicted molar refractivity (Wildman–Crippen MR) is 192 cm³/mol.